The van der Waals surface area contributed by atoms with Crippen molar-refractivity contribution in [1.29, 1.82) is 0 Å². The predicted octanol–water partition coefficient (Wildman–Crippen LogP) is 2.34. The van der Waals surface area contributed by atoms with Crippen molar-refractivity contribution >= 4 is 0 Å². The highest BCUT2D eigenvalue weighted by atomic mass is 16.5. The molecule has 2 heterocycles. The lowest BCUT2D eigenvalue weighted by Gasteiger charge is -2.14. The molecule has 1 aliphatic carbocycles. The molecular formula is C17H19N5O2. The van der Waals surface area contributed by atoms with Crippen LogP contribution in [0.4, 0.5) is 0 Å². The minimum absolute atomic E-state index is 0.178. The highest BCUT2D eigenvalue weighted by Crippen LogP contribution is 2.48. The van der Waals surface area contributed by atoms with E-state index in [4.69, 9.17) is 4.74 Å². The van der Waals surface area contributed by atoms with Gasteiger partial charge in [-0.05, 0) is 37.1 Å². The second-order valence-corrected chi connectivity index (χ2v) is 6.39. The summed E-state index contributed by atoms with van der Waals surface area (Å²) in [5.74, 6) is 0.843. The maximum atomic E-state index is 9.72. The van der Waals surface area contributed by atoms with Crippen molar-refractivity contribution in [3.05, 3.63) is 42.9 Å². The van der Waals surface area contributed by atoms with Gasteiger partial charge in [-0.2, -0.15) is 5.10 Å². The number of rotatable bonds is 6. The lowest BCUT2D eigenvalue weighted by atomic mass is 10.1. The van der Waals surface area contributed by atoms with Crippen LogP contribution in [0, 0.1) is 5.41 Å². The number of hydrogen-bond donors (Lipinski definition) is 1. The quantitative estimate of drug-likeness (QED) is 0.752. The van der Waals surface area contributed by atoms with Crippen LogP contribution < -0.4 is 4.74 Å². The average molecular weight is 325 g/mol. The third kappa shape index (κ3) is 2.84. The maximum Gasteiger partial charge on any atom is 0.128 e. The molecule has 0 bridgehead atoms. The summed E-state index contributed by atoms with van der Waals surface area (Å²) >= 11 is 0. The summed E-state index contributed by atoms with van der Waals surface area (Å²) < 4.78 is 9.19. The lowest BCUT2D eigenvalue weighted by Crippen LogP contribution is -2.19. The Morgan fingerprint density at radius 1 is 1.25 bits per heavy atom. The zero-order valence-electron chi connectivity index (χ0n) is 13.5. The van der Waals surface area contributed by atoms with E-state index < -0.39 is 0 Å². The van der Waals surface area contributed by atoms with Crippen LogP contribution >= 0.6 is 0 Å². The van der Waals surface area contributed by atoms with Crippen molar-refractivity contribution in [3.63, 3.8) is 0 Å². The molecule has 7 nitrogen and oxygen atoms in total. The Morgan fingerprint density at radius 3 is 2.79 bits per heavy atom. The molecule has 0 atom stereocenters. The fourth-order valence-corrected chi connectivity index (χ4v) is 3.02. The molecule has 124 valence electrons. The maximum absolute atomic E-state index is 9.72. The molecule has 1 N–H and O–H groups in total. The number of ether oxygens (including phenoxy) is 1. The Labute approximate surface area is 139 Å². The summed E-state index contributed by atoms with van der Waals surface area (Å²) in [6, 6.07) is 6.90. The molecule has 3 aromatic rings. The smallest absolute Gasteiger partial charge is 0.128 e. The number of aromatic hydroxyl groups is 1. The van der Waals surface area contributed by atoms with Gasteiger partial charge in [-0.3, -0.25) is 9.36 Å². The topological polar surface area (TPSA) is 78.0 Å². The first-order valence-electron chi connectivity index (χ1n) is 7.92. The Kier molecular flexibility index (Phi) is 3.48. The van der Waals surface area contributed by atoms with Crippen molar-refractivity contribution in [2.45, 2.75) is 25.9 Å². The molecule has 0 radical (unpaired) electrons. The van der Waals surface area contributed by atoms with E-state index >= 15 is 0 Å². The largest absolute Gasteiger partial charge is 0.508 e. The second kappa shape index (κ2) is 5.67. The zero-order valence-corrected chi connectivity index (χ0v) is 13.5. The minimum atomic E-state index is 0.178. The van der Waals surface area contributed by atoms with E-state index in [9.17, 15) is 5.11 Å². The third-order valence-corrected chi connectivity index (χ3v) is 4.51. The number of hydrogen-bond acceptors (Lipinski definition) is 5. The van der Waals surface area contributed by atoms with Gasteiger partial charge in [-0.1, -0.05) is 5.21 Å². The van der Waals surface area contributed by atoms with E-state index in [1.54, 1.807) is 31.5 Å². The number of aromatic nitrogens is 5. The average Bonchev–Trinajstić information content (AvgIpc) is 2.98. The molecule has 1 aliphatic rings. The normalized spacial score (nSPS) is 15.4. The Bertz CT molecular complexity index is 837. The van der Waals surface area contributed by atoms with Crippen LogP contribution in [0.1, 0.15) is 12.8 Å². The molecule has 7 heteroatoms. The molecule has 0 saturated heterocycles. The van der Waals surface area contributed by atoms with Gasteiger partial charge in [0.1, 0.15) is 17.2 Å². The molecule has 1 fully saturated rings. The zero-order chi connectivity index (χ0) is 16.6. The summed E-state index contributed by atoms with van der Waals surface area (Å²) in [5, 5.41) is 22.5. The van der Waals surface area contributed by atoms with Gasteiger partial charge in [-0.15, -0.1) is 5.10 Å². The Balaban J connectivity index is 1.54. The molecule has 4 rings (SSSR count). The van der Waals surface area contributed by atoms with E-state index in [0.29, 0.717) is 11.4 Å². The monoisotopic (exact) mass is 325 g/mol. The van der Waals surface area contributed by atoms with E-state index in [1.807, 2.05) is 27.8 Å². The van der Waals surface area contributed by atoms with Gasteiger partial charge < -0.3 is 9.84 Å². The molecule has 0 spiro atoms. The summed E-state index contributed by atoms with van der Waals surface area (Å²) in [6.07, 6.45) is 8.03. The first-order valence-corrected chi connectivity index (χ1v) is 7.92. The van der Waals surface area contributed by atoms with Crippen molar-refractivity contribution in [2.24, 2.45) is 5.41 Å². The summed E-state index contributed by atoms with van der Waals surface area (Å²) in [5.41, 5.74) is 1.64. The van der Waals surface area contributed by atoms with E-state index in [0.717, 1.165) is 31.5 Å². The van der Waals surface area contributed by atoms with Crippen LogP contribution in [0.3, 0.4) is 0 Å². The molecular weight excluding hydrogens is 306 g/mol. The summed E-state index contributed by atoms with van der Waals surface area (Å²) in [6.45, 7) is 1.70. The van der Waals surface area contributed by atoms with Crippen molar-refractivity contribution in [1.82, 2.24) is 24.8 Å². The molecule has 0 unspecified atom stereocenters. The summed E-state index contributed by atoms with van der Waals surface area (Å²) in [7, 11) is 1.60. The van der Waals surface area contributed by atoms with Crippen LogP contribution in [0.5, 0.6) is 11.5 Å². The van der Waals surface area contributed by atoms with E-state index in [1.165, 1.54) is 0 Å². The fourth-order valence-electron chi connectivity index (χ4n) is 3.02. The molecule has 0 amide bonds. The number of phenolic OH excluding ortho intramolecular Hbond substituents is 1. The lowest BCUT2D eigenvalue weighted by molar-refractivity contribution is 0.326. The van der Waals surface area contributed by atoms with Gasteiger partial charge in [0.15, 0.2) is 0 Å². The van der Waals surface area contributed by atoms with Gasteiger partial charge in [-0.25, -0.2) is 0 Å². The first-order chi connectivity index (χ1) is 11.7. The molecule has 1 saturated carbocycles. The Hall–Kier alpha value is -2.83. The molecule has 1 aromatic carbocycles. The highest BCUT2D eigenvalue weighted by Gasteiger charge is 2.43. The van der Waals surface area contributed by atoms with Crippen molar-refractivity contribution < 1.29 is 9.84 Å². The van der Waals surface area contributed by atoms with E-state index in [-0.39, 0.29) is 11.2 Å². The summed E-state index contributed by atoms with van der Waals surface area (Å²) in [4.78, 5) is 0. The van der Waals surface area contributed by atoms with Crippen molar-refractivity contribution in [3.8, 4) is 22.8 Å². The van der Waals surface area contributed by atoms with Crippen molar-refractivity contribution in [2.75, 3.05) is 7.11 Å². The van der Waals surface area contributed by atoms with Gasteiger partial charge in [0.05, 0.1) is 19.9 Å². The number of nitrogens with zero attached hydrogens (tertiary/aromatic N) is 5. The van der Waals surface area contributed by atoms with Gasteiger partial charge in [0.25, 0.3) is 0 Å². The second-order valence-electron chi connectivity index (χ2n) is 6.39. The molecule has 24 heavy (non-hydrogen) atoms. The number of phenols is 1. The fraction of sp³-hybridized carbons (Fsp3) is 0.353. The van der Waals surface area contributed by atoms with Gasteiger partial charge in [0.2, 0.25) is 0 Å². The third-order valence-electron chi connectivity index (χ3n) is 4.51. The van der Waals surface area contributed by atoms with Gasteiger partial charge >= 0.3 is 0 Å². The minimum Gasteiger partial charge on any atom is -0.508 e. The van der Waals surface area contributed by atoms with E-state index in [2.05, 4.69) is 15.4 Å². The SMILES string of the molecule is COc1ccc(O)cc1-c1cn(CC2(Cn3cccn3)CC2)nn1. The Morgan fingerprint density at radius 2 is 2.08 bits per heavy atom. The van der Waals surface area contributed by atoms with Gasteiger partial charge in [0, 0.05) is 29.9 Å². The number of benzene rings is 1. The van der Waals surface area contributed by atoms with Crippen LogP contribution in [0.2, 0.25) is 0 Å². The standard InChI is InChI=1S/C17H19N5O2/c1-24-16-4-3-13(23)9-14(16)15-10-22(20-19-15)12-17(5-6-17)11-21-8-2-7-18-21/h2-4,7-10,23H,5-6,11-12H2,1H3. The highest BCUT2D eigenvalue weighted by molar-refractivity contribution is 5.68. The first kappa shape index (κ1) is 14.7. The predicted molar refractivity (Wildman–Crippen MR) is 87.6 cm³/mol. The molecule has 0 aliphatic heterocycles. The number of methoxy groups -OCH3 is 1. The van der Waals surface area contributed by atoms with Crippen LogP contribution in [-0.4, -0.2) is 37.0 Å². The molecule has 2 aromatic heterocycles. The van der Waals surface area contributed by atoms with Crippen LogP contribution in [0.15, 0.2) is 42.9 Å². The van der Waals surface area contributed by atoms with Crippen LogP contribution in [0.25, 0.3) is 11.3 Å². The van der Waals surface area contributed by atoms with Crippen LogP contribution in [-0.2, 0) is 13.1 Å².